The van der Waals surface area contributed by atoms with Gasteiger partial charge in [0.2, 0.25) is 0 Å². The highest BCUT2D eigenvalue weighted by molar-refractivity contribution is 5.94. The van der Waals surface area contributed by atoms with E-state index in [-0.39, 0.29) is 0 Å². The van der Waals surface area contributed by atoms with Crippen LogP contribution in [0.4, 0.5) is 10.1 Å². The number of aromatic nitrogens is 3. The van der Waals surface area contributed by atoms with Crippen molar-refractivity contribution in [3.63, 3.8) is 0 Å². The largest absolute Gasteiger partial charge is 0.497 e. The maximum Gasteiger partial charge on any atom is 0.309 e. The van der Waals surface area contributed by atoms with Gasteiger partial charge in [-0.05, 0) is 24.3 Å². The summed E-state index contributed by atoms with van der Waals surface area (Å²) in [7, 11) is 5.29. The zero-order chi connectivity index (χ0) is 15.0. The summed E-state index contributed by atoms with van der Waals surface area (Å²) in [5.41, 5.74) is 3.50. The van der Waals surface area contributed by atoms with E-state index >= 15 is 0 Å². The van der Waals surface area contributed by atoms with E-state index in [1.165, 1.54) is 0 Å². The molecule has 2 aromatic heterocycles. The minimum absolute atomic E-state index is 0.535. The van der Waals surface area contributed by atoms with Crippen LogP contribution in [0.5, 0.6) is 5.75 Å². The van der Waals surface area contributed by atoms with Gasteiger partial charge in [-0.25, -0.2) is 4.98 Å². The second-order valence-electron chi connectivity index (χ2n) is 4.66. The molecule has 0 amide bonds. The first-order valence-electron chi connectivity index (χ1n) is 6.48. The summed E-state index contributed by atoms with van der Waals surface area (Å²) < 4.78 is 20.9. The molecule has 1 aromatic carbocycles. The van der Waals surface area contributed by atoms with E-state index in [4.69, 9.17) is 4.74 Å². The van der Waals surface area contributed by atoms with Crippen molar-refractivity contribution in [1.82, 2.24) is 14.5 Å². The number of hydrogen-bond donors (Lipinski definition) is 1. The van der Waals surface area contributed by atoms with Gasteiger partial charge in [-0.3, -0.25) is 0 Å². The Morgan fingerprint density at radius 1 is 1.24 bits per heavy atom. The third-order valence-corrected chi connectivity index (χ3v) is 3.44. The lowest BCUT2D eigenvalue weighted by Crippen LogP contribution is -2.00. The van der Waals surface area contributed by atoms with Gasteiger partial charge >= 0.3 is 6.08 Å². The molecule has 0 fully saturated rings. The molecule has 0 aliphatic heterocycles. The van der Waals surface area contributed by atoms with E-state index in [2.05, 4.69) is 15.3 Å². The van der Waals surface area contributed by atoms with Crippen LogP contribution in [-0.4, -0.2) is 28.7 Å². The number of methoxy groups -OCH3 is 1. The van der Waals surface area contributed by atoms with Gasteiger partial charge in [-0.15, -0.1) is 0 Å². The molecule has 0 radical (unpaired) electrons. The van der Waals surface area contributed by atoms with Crippen molar-refractivity contribution in [1.29, 1.82) is 0 Å². The second kappa shape index (κ2) is 5.05. The first kappa shape index (κ1) is 13.4. The van der Waals surface area contributed by atoms with E-state index in [0.717, 1.165) is 16.8 Å². The quantitative estimate of drug-likeness (QED) is 0.752. The van der Waals surface area contributed by atoms with Crippen LogP contribution in [0.15, 0.2) is 30.5 Å². The highest BCUT2D eigenvalue weighted by Gasteiger charge is 2.16. The molecule has 0 bridgehead atoms. The first-order valence-corrected chi connectivity index (χ1v) is 6.48. The molecule has 0 saturated carbocycles. The minimum atomic E-state index is -0.742. The molecule has 21 heavy (non-hydrogen) atoms. The number of aryl methyl sites for hydroxylation is 1. The van der Waals surface area contributed by atoms with Crippen LogP contribution < -0.4 is 10.1 Å². The monoisotopic (exact) mass is 285 g/mol. The average Bonchev–Trinajstić information content (AvgIpc) is 2.87. The van der Waals surface area contributed by atoms with E-state index < -0.39 is 6.08 Å². The Morgan fingerprint density at radius 2 is 2.05 bits per heavy atom. The fourth-order valence-electron chi connectivity index (χ4n) is 2.42. The number of benzene rings is 1. The zero-order valence-corrected chi connectivity index (χ0v) is 12.0. The summed E-state index contributed by atoms with van der Waals surface area (Å²) in [6.45, 7) is 0. The van der Waals surface area contributed by atoms with E-state index in [1.807, 2.05) is 43.1 Å². The zero-order valence-electron chi connectivity index (χ0n) is 12.0. The van der Waals surface area contributed by atoms with Crippen molar-refractivity contribution >= 4 is 16.7 Å². The van der Waals surface area contributed by atoms with E-state index in [9.17, 15) is 4.39 Å². The summed E-state index contributed by atoms with van der Waals surface area (Å²) in [4.78, 5) is 7.82. The minimum Gasteiger partial charge on any atom is -0.497 e. The number of nitrogens with zero attached hydrogens (tertiary/aromatic N) is 3. The fraction of sp³-hybridized carbons (Fsp3) is 0.200. The van der Waals surface area contributed by atoms with Gasteiger partial charge in [0.25, 0.3) is 0 Å². The Morgan fingerprint density at radius 3 is 2.76 bits per heavy atom. The number of fused-ring (bicyclic) bond motifs is 1. The molecule has 108 valence electrons. The Balaban J connectivity index is 2.36. The molecule has 0 atom stereocenters. The Bertz CT molecular complexity index is 813. The highest BCUT2D eigenvalue weighted by Crippen LogP contribution is 2.34. The Hall–Kier alpha value is -2.63. The van der Waals surface area contributed by atoms with Gasteiger partial charge in [0.05, 0.1) is 18.1 Å². The normalized spacial score (nSPS) is 10.9. The molecule has 5 nitrogen and oxygen atoms in total. The van der Waals surface area contributed by atoms with E-state index in [1.54, 1.807) is 13.2 Å². The van der Waals surface area contributed by atoms with Gasteiger partial charge in [-0.2, -0.15) is 9.37 Å². The summed E-state index contributed by atoms with van der Waals surface area (Å²) >= 11 is 0. The first-order chi connectivity index (χ1) is 10.1. The molecular formula is C15H15FN4O. The third kappa shape index (κ3) is 2.18. The predicted molar refractivity (Wildman–Crippen MR) is 80.0 cm³/mol. The number of anilines is 1. The predicted octanol–water partition coefficient (Wildman–Crippen LogP) is 2.82. The lowest BCUT2D eigenvalue weighted by Gasteiger charge is -2.12. The second-order valence-corrected chi connectivity index (χ2v) is 4.66. The summed E-state index contributed by atoms with van der Waals surface area (Å²) in [6, 6.07) is 7.32. The molecule has 0 unspecified atom stereocenters. The third-order valence-electron chi connectivity index (χ3n) is 3.44. The van der Waals surface area contributed by atoms with Crippen LogP contribution in [-0.2, 0) is 7.05 Å². The summed E-state index contributed by atoms with van der Waals surface area (Å²) in [5, 5.41) is 3.09. The van der Waals surface area contributed by atoms with Gasteiger partial charge in [0, 0.05) is 31.5 Å². The number of hydrogen-bond acceptors (Lipinski definition) is 4. The summed E-state index contributed by atoms with van der Waals surface area (Å²) in [5.74, 6) is 0.686. The van der Waals surface area contributed by atoms with Crippen LogP contribution >= 0.6 is 0 Å². The molecular weight excluding hydrogens is 270 g/mol. The number of nitrogens with one attached hydrogen (secondary N) is 1. The molecule has 3 aromatic rings. The molecule has 0 saturated heterocycles. The SMILES string of the molecule is CNc1ccc(OC)cc1-c1nc([18F])nc2ccn(C)c12. The number of halogens is 1. The number of rotatable bonds is 3. The molecule has 2 heterocycles. The molecule has 0 spiro atoms. The summed E-state index contributed by atoms with van der Waals surface area (Å²) in [6.07, 6.45) is 1.09. The van der Waals surface area contributed by atoms with Crippen LogP contribution in [0, 0.1) is 6.08 Å². The van der Waals surface area contributed by atoms with Gasteiger partial charge in [0.15, 0.2) is 0 Å². The fourth-order valence-corrected chi connectivity index (χ4v) is 2.42. The lowest BCUT2D eigenvalue weighted by molar-refractivity contribution is 0.415. The van der Waals surface area contributed by atoms with Crippen molar-refractivity contribution in [3.8, 4) is 17.0 Å². The average molecular weight is 285 g/mol. The van der Waals surface area contributed by atoms with Crippen molar-refractivity contribution < 1.29 is 9.13 Å². The maximum atomic E-state index is 13.7. The maximum absolute atomic E-state index is 13.7. The highest BCUT2D eigenvalue weighted by atomic mass is 18.2. The van der Waals surface area contributed by atoms with Gasteiger partial charge in [0.1, 0.15) is 11.4 Å². The van der Waals surface area contributed by atoms with Gasteiger partial charge in [-0.1, -0.05) is 0 Å². The topological polar surface area (TPSA) is 52.0 Å². The Labute approximate surface area is 121 Å². The molecule has 1 N–H and O–H groups in total. The number of ether oxygens (including phenoxy) is 1. The van der Waals surface area contributed by atoms with Crippen LogP contribution in [0.3, 0.4) is 0 Å². The van der Waals surface area contributed by atoms with Gasteiger partial charge < -0.3 is 14.6 Å². The van der Waals surface area contributed by atoms with Crippen LogP contribution in [0.1, 0.15) is 0 Å². The van der Waals surface area contributed by atoms with Crippen molar-refractivity contribution in [2.75, 3.05) is 19.5 Å². The molecule has 6 heteroatoms. The van der Waals surface area contributed by atoms with Crippen LogP contribution in [0.25, 0.3) is 22.3 Å². The molecule has 0 aliphatic rings. The van der Waals surface area contributed by atoms with Crippen molar-refractivity contribution in [3.05, 3.63) is 36.5 Å². The van der Waals surface area contributed by atoms with Crippen LogP contribution in [0.2, 0.25) is 0 Å². The Kier molecular flexibility index (Phi) is 3.21. The van der Waals surface area contributed by atoms with Crippen molar-refractivity contribution in [2.45, 2.75) is 0 Å². The molecule has 3 rings (SSSR count). The lowest BCUT2D eigenvalue weighted by atomic mass is 10.1. The van der Waals surface area contributed by atoms with E-state index in [0.29, 0.717) is 17.0 Å². The molecule has 0 aliphatic carbocycles. The standard InChI is InChI=1S/C15H15FN4O/c1-17-11-5-4-9(21-3)8-10(11)13-14-12(6-7-20(14)2)18-15(16)19-13/h4-8,17H,1-3H3/i16-1. The van der Waals surface area contributed by atoms with Crippen molar-refractivity contribution in [2.24, 2.45) is 7.05 Å². The smallest absolute Gasteiger partial charge is 0.309 e.